The number of nitrogens with one attached hydrogen (secondary N) is 1. The largest absolute Gasteiger partial charge is 0.343 e. The molecule has 1 aliphatic carbocycles. The van der Waals surface area contributed by atoms with Gasteiger partial charge in [0.1, 0.15) is 5.37 Å². The number of piperidine rings is 1. The first kappa shape index (κ1) is 18.8. The van der Waals surface area contributed by atoms with Crippen LogP contribution < -0.4 is 5.32 Å². The molecule has 0 bridgehead atoms. The normalized spacial score (nSPS) is 28.8. The van der Waals surface area contributed by atoms with Gasteiger partial charge in [-0.05, 0) is 24.2 Å². The smallest absolute Gasteiger partial charge is 0.251 e. The van der Waals surface area contributed by atoms with E-state index in [-0.39, 0.29) is 23.7 Å². The fraction of sp³-hybridized carbons (Fsp3) is 0.556. The van der Waals surface area contributed by atoms with Crippen LogP contribution >= 0.6 is 12.0 Å². The molecule has 2 rings (SSSR count). The first-order valence-corrected chi connectivity index (χ1v) is 9.25. The molecule has 0 spiro atoms. The summed E-state index contributed by atoms with van der Waals surface area (Å²) in [6.45, 7) is 8.45. The highest BCUT2D eigenvalue weighted by molar-refractivity contribution is 7.94. The molecule has 1 aliphatic heterocycles. The van der Waals surface area contributed by atoms with Crippen LogP contribution in [-0.4, -0.2) is 39.7 Å². The Balaban J connectivity index is 1.87. The molecule has 0 aromatic rings. The number of carbonyl (C=O) groups is 2. The molecular weight excluding hydrogens is 324 g/mol. The molecule has 3 unspecified atom stereocenters. The van der Waals surface area contributed by atoms with Crippen molar-refractivity contribution in [3.8, 4) is 0 Å². The SMILES string of the molecule is C=C/C=C(\C=C/CCC)C(=O)NCC(=O)N1CC2C(C1SO)[C@@H]2C. The second kappa shape index (κ2) is 8.53. The van der Waals surface area contributed by atoms with E-state index < -0.39 is 0 Å². The summed E-state index contributed by atoms with van der Waals surface area (Å²) in [4.78, 5) is 26.3. The van der Waals surface area contributed by atoms with Crippen LogP contribution in [0.15, 0.2) is 36.5 Å². The maximum Gasteiger partial charge on any atom is 0.251 e. The van der Waals surface area contributed by atoms with Gasteiger partial charge in [-0.15, -0.1) is 0 Å². The minimum Gasteiger partial charge on any atom is -0.343 e. The Labute approximate surface area is 148 Å². The number of likely N-dealkylation sites (tertiary alicyclic amines) is 1. The summed E-state index contributed by atoms with van der Waals surface area (Å²) in [6.07, 6.45) is 8.78. The zero-order valence-electron chi connectivity index (χ0n) is 14.3. The molecule has 1 saturated heterocycles. The lowest BCUT2D eigenvalue weighted by atomic mass is 10.2. The van der Waals surface area contributed by atoms with E-state index in [9.17, 15) is 14.1 Å². The van der Waals surface area contributed by atoms with Crippen molar-refractivity contribution in [1.29, 1.82) is 0 Å². The Hall–Kier alpha value is -1.53. The van der Waals surface area contributed by atoms with Gasteiger partial charge in [0.2, 0.25) is 5.91 Å². The van der Waals surface area contributed by atoms with Crippen LogP contribution in [0.4, 0.5) is 0 Å². The van der Waals surface area contributed by atoms with E-state index in [4.69, 9.17) is 0 Å². The fourth-order valence-corrected chi connectivity index (χ4v) is 4.23. The van der Waals surface area contributed by atoms with Crippen molar-refractivity contribution in [3.05, 3.63) is 36.5 Å². The van der Waals surface area contributed by atoms with Gasteiger partial charge in [0.05, 0.1) is 6.54 Å². The van der Waals surface area contributed by atoms with Crippen LogP contribution in [0.1, 0.15) is 26.7 Å². The number of hydrogen-bond donors (Lipinski definition) is 2. The lowest BCUT2D eigenvalue weighted by molar-refractivity contribution is -0.132. The molecule has 2 aliphatic rings. The topological polar surface area (TPSA) is 69.6 Å². The standard InChI is InChI=1S/C18H26N2O3S/c1-4-6-7-9-13(8-5-2)17(22)19-10-15(21)20-11-14-12(3)16(14)18(20)24-23/h5,7-9,12,14,16,18,23H,2,4,6,10-11H2,1,3H3,(H,19,22)/b9-7-,13-8+/t12-,14?,16?,18?/m1/s1. The van der Waals surface area contributed by atoms with Crippen molar-refractivity contribution in [2.24, 2.45) is 17.8 Å². The Morgan fingerprint density at radius 2 is 2.21 bits per heavy atom. The summed E-state index contributed by atoms with van der Waals surface area (Å²) < 4.78 is 9.46. The third kappa shape index (κ3) is 4.11. The predicted molar refractivity (Wildman–Crippen MR) is 97.2 cm³/mol. The number of unbranched alkanes of at least 4 members (excludes halogenated alkanes) is 1. The highest BCUT2D eigenvalue weighted by Crippen LogP contribution is 2.57. The molecule has 0 radical (unpaired) electrons. The Kier molecular flexibility index (Phi) is 6.69. The molecule has 4 atom stereocenters. The van der Waals surface area contributed by atoms with Gasteiger partial charge in [0.15, 0.2) is 0 Å². The van der Waals surface area contributed by atoms with E-state index in [0.717, 1.165) is 24.9 Å². The molecule has 6 heteroatoms. The number of fused-ring (bicyclic) bond motifs is 1. The molecule has 1 saturated carbocycles. The first-order chi connectivity index (χ1) is 11.5. The Bertz CT molecular complexity index is 558. The van der Waals surface area contributed by atoms with Crippen molar-refractivity contribution in [1.82, 2.24) is 10.2 Å². The molecule has 0 aromatic carbocycles. The number of allylic oxidation sites excluding steroid dienone is 3. The van der Waals surface area contributed by atoms with Crippen molar-refractivity contribution in [3.63, 3.8) is 0 Å². The summed E-state index contributed by atoms with van der Waals surface area (Å²) in [6, 6.07) is 0. The molecule has 2 amide bonds. The number of amides is 2. The average molecular weight is 350 g/mol. The third-order valence-electron chi connectivity index (χ3n) is 4.82. The summed E-state index contributed by atoms with van der Waals surface area (Å²) in [5.74, 6) is 1.00. The summed E-state index contributed by atoms with van der Waals surface area (Å²) in [7, 11) is 0. The minimum atomic E-state index is -0.290. The molecule has 0 aromatic heterocycles. The van der Waals surface area contributed by atoms with E-state index in [1.54, 1.807) is 23.1 Å². The van der Waals surface area contributed by atoms with Crippen LogP contribution in [0, 0.1) is 17.8 Å². The molecule has 132 valence electrons. The number of hydrogen-bond acceptors (Lipinski definition) is 4. The molecule has 24 heavy (non-hydrogen) atoms. The van der Waals surface area contributed by atoms with Crippen LogP contribution in [-0.2, 0) is 9.59 Å². The van der Waals surface area contributed by atoms with E-state index in [0.29, 0.717) is 29.9 Å². The third-order valence-corrected chi connectivity index (χ3v) is 5.61. The monoisotopic (exact) mass is 350 g/mol. The van der Waals surface area contributed by atoms with Gasteiger partial charge in [0, 0.05) is 24.2 Å². The average Bonchev–Trinajstić information content (AvgIpc) is 3.04. The van der Waals surface area contributed by atoms with Crippen molar-refractivity contribution < 1.29 is 14.1 Å². The Morgan fingerprint density at radius 3 is 2.83 bits per heavy atom. The zero-order chi connectivity index (χ0) is 17.7. The zero-order valence-corrected chi connectivity index (χ0v) is 15.1. The van der Waals surface area contributed by atoms with Crippen LogP contribution in [0.3, 0.4) is 0 Å². The van der Waals surface area contributed by atoms with E-state index >= 15 is 0 Å². The maximum atomic E-state index is 12.4. The molecule has 5 nitrogen and oxygen atoms in total. The van der Waals surface area contributed by atoms with E-state index in [1.165, 1.54) is 0 Å². The summed E-state index contributed by atoms with van der Waals surface area (Å²) in [5, 5.41) is 2.49. The van der Waals surface area contributed by atoms with Crippen molar-refractivity contribution >= 4 is 23.9 Å². The van der Waals surface area contributed by atoms with Gasteiger partial charge in [0.25, 0.3) is 5.91 Å². The van der Waals surface area contributed by atoms with Gasteiger partial charge in [-0.25, -0.2) is 0 Å². The lowest BCUT2D eigenvalue weighted by Gasteiger charge is -2.26. The van der Waals surface area contributed by atoms with Crippen LogP contribution in [0.25, 0.3) is 0 Å². The summed E-state index contributed by atoms with van der Waals surface area (Å²) >= 11 is 0.741. The molecule has 1 heterocycles. The first-order valence-electron chi connectivity index (χ1n) is 8.42. The second-order valence-electron chi connectivity index (χ2n) is 6.37. The van der Waals surface area contributed by atoms with Gasteiger partial charge in [-0.3, -0.25) is 9.59 Å². The van der Waals surface area contributed by atoms with E-state index in [1.807, 2.05) is 6.08 Å². The second-order valence-corrected chi connectivity index (χ2v) is 7.07. The molecule has 2 fully saturated rings. The van der Waals surface area contributed by atoms with Gasteiger partial charge in [-0.1, -0.05) is 51.2 Å². The van der Waals surface area contributed by atoms with E-state index in [2.05, 4.69) is 25.7 Å². The quantitative estimate of drug-likeness (QED) is 0.401. The van der Waals surface area contributed by atoms with Gasteiger partial charge >= 0.3 is 0 Å². The lowest BCUT2D eigenvalue weighted by Crippen LogP contribution is -2.44. The molecular formula is C18H26N2O3S. The van der Waals surface area contributed by atoms with Gasteiger partial charge in [-0.2, -0.15) is 0 Å². The highest BCUT2D eigenvalue weighted by Gasteiger charge is 2.60. The maximum absolute atomic E-state index is 12.4. The van der Waals surface area contributed by atoms with Gasteiger partial charge < -0.3 is 14.8 Å². The number of carbonyl (C=O) groups excluding carboxylic acids is 2. The number of nitrogens with zero attached hydrogens (tertiary/aromatic N) is 1. The van der Waals surface area contributed by atoms with Crippen LogP contribution in [0.2, 0.25) is 0 Å². The molecule has 2 N–H and O–H groups in total. The predicted octanol–water partition coefficient (Wildman–Crippen LogP) is 2.83. The highest BCUT2D eigenvalue weighted by atomic mass is 32.2. The van der Waals surface area contributed by atoms with Crippen molar-refractivity contribution in [2.75, 3.05) is 13.1 Å². The fourth-order valence-electron chi connectivity index (χ4n) is 3.32. The van der Waals surface area contributed by atoms with Crippen molar-refractivity contribution in [2.45, 2.75) is 32.1 Å². The number of rotatable bonds is 8. The summed E-state index contributed by atoms with van der Waals surface area (Å²) in [5.41, 5.74) is 0.484. The van der Waals surface area contributed by atoms with Crippen LogP contribution in [0.5, 0.6) is 0 Å². The Morgan fingerprint density at radius 1 is 1.46 bits per heavy atom. The minimum absolute atomic E-state index is 0.0557.